The zero-order valence-corrected chi connectivity index (χ0v) is 16.6. The third kappa shape index (κ3) is 7.42. The average molecular weight is 420 g/mol. The average Bonchev–Trinajstić information content (AvgIpc) is 2.70. The summed E-state index contributed by atoms with van der Waals surface area (Å²) in [5, 5.41) is 17.2. The summed E-state index contributed by atoms with van der Waals surface area (Å²) in [6.07, 6.45) is 0.501. The maximum Gasteiger partial charge on any atom is 0.306 e. The number of ether oxygens (including phenoxy) is 1. The molecule has 0 aliphatic heterocycles. The Bertz CT molecular complexity index is 857. The molecule has 0 aliphatic carbocycles. The number of amides is 1. The van der Waals surface area contributed by atoms with Gasteiger partial charge in [0.2, 0.25) is 0 Å². The van der Waals surface area contributed by atoms with Crippen LogP contribution in [0.25, 0.3) is 0 Å². The molecule has 1 atom stereocenters. The van der Waals surface area contributed by atoms with Gasteiger partial charge in [0.25, 0.3) is 11.6 Å². The monoisotopic (exact) mass is 419 g/mol. The van der Waals surface area contributed by atoms with Crippen LogP contribution in [0.5, 0.6) is 0 Å². The molecule has 0 bridgehead atoms. The van der Waals surface area contributed by atoms with E-state index in [0.29, 0.717) is 23.7 Å². The fourth-order valence-corrected chi connectivity index (χ4v) is 2.70. The van der Waals surface area contributed by atoms with E-state index in [0.717, 1.165) is 5.56 Å². The summed E-state index contributed by atoms with van der Waals surface area (Å²) in [7, 11) is 0. The minimum atomic E-state index is -0.511. The van der Waals surface area contributed by atoms with Crippen LogP contribution in [0.1, 0.15) is 31.4 Å². The summed E-state index contributed by atoms with van der Waals surface area (Å²) in [5.74, 6) is -0.914. The van der Waals surface area contributed by atoms with E-state index in [-0.39, 0.29) is 24.8 Å². The van der Waals surface area contributed by atoms with Crippen LogP contribution in [0.4, 0.5) is 11.4 Å². The van der Waals surface area contributed by atoms with Crippen molar-refractivity contribution in [2.45, 2.75) is 25.8 Å². The molecule has 0 spiro atoms. The smallest absolute Gasteiger partial charge is 0.306 e. The van der Waals surface area contributed by atoms with Crippen molar-refractivity contribution in [2.75, 3.05) is 18.5 Å². The summed E-state index contributed by atoms with van der Waals surface area (Å²) in [4.78, 5) is 34.2. The topological polar surface area (TPSA) is 111 Å². The van der Waals surface area contributed by atoms with E-state index in [4.69, 9.17) is 16.3 Å². The van der Waals surface area contributed by atoms with Gasteiger partial charge in [-0.3, -0.25) is 19.7 Å². The van der Waals surface area contributed by atoms with E-state index in [9.17, 15) is 19.7 Å². The lowest BCUT2D eigenvalue weighted by atomic mass is 10.1. The van der Waals surface area contributed by atoms with E-state index >= 15 is 0 Å². The zero-order chi connectivity index (χ0) is 21.2. The number of carbonyl (C=O) groups excluding carboxylic acids is 2. The molecule has 0 aliphatic rings. The van der Waals surface area contributed by atoms with Gasteiger partial charge in [0.05, 0.1) is 11.0 Å². The number of para-hydroxylation sites is 2. The van der Waals surface area contributed by atoms with Gasteiger partial charge in [0, 0.05) is 24.1 Å². The number of anilines is 1. The predicted molar refractivity (Wildman–Crippen MR) is 110 cm³/mol. The molecule has 1 amide bonds. The van der Waals surface area contributed by atoms with Gasteiger partial charge in [-0.2, -0.15) is 0 Å². The molecule has 2 aromatic carbocycles. The number of carbonyl (C=O) groups is 2. The van der Waals surface area contributed by atoms with Crippen molar-refractivity contribution in [3.8, 4) is 0 Å². The Hall–Kier alpha value is -3.13. The Labute approximate surface area is 173 Å². The quantitative estimate of drug-likeness (QED) is 0.262. The number of esters is 1. The molecule has 0 aromatic heterocycles. The molecule has 0 fully saturated rings. The second-order valence-electron chi connectivity index (χ2n) is 6.31. The van der Waals surface area contributed by atoms with Gasteiger partial charge < -0.3 is 15.4 Å². The largest absolute Gasteiger partial charge is 0.456 e. The van der Waals surface area contributed by atoms with Gasteiger partial charge in [-0.25, -0.2) is 0 Å². The molecule has 0 heterocycles. The number of hydrogen-bond acceptors (Lipinski definition) is 6. The molecule has 0 saturated carbocycles. The van der Waals surface area contributed by atoms with Crippen LogP contribution in [0.3, 0.4) is 0 Å². The SMILES string of the molecule is C[C@H](NC(=O)COC(=O)CCCNc1ccccc1[N+](=O)[O-])c1ccc(Cl)cc1. The van der Waals surface area contributed by atoms with Crippen molar-refractivity contribution in [1.29, 1.82) is 0 Å². The molecule has 29 heavy (non-hydrogen) atoms. The molecule has 9 heteroatoms. The highest BCUT2D eigenvalue weighted by molar-refractivity contribution is 6.30. The molecule has 2 aromatic rings. The van der Waals surface area contributed by atoms with Crippen LogP contribution < -0.4 is 10.6 Å². The van der Waals surface area contributed by atoms with Crippen molar-refractivity contribution in [1.82, 2.24) is 5.32 Å². The second-order valence-corrected chi connectivity index (χ2v) is 6.74. The maximum absolute atomic E-state index is 11.9. The van der Waals surface area contributed by atoms with Crippen LogP contribution in [0, 0.1) is 10.1 Å². The third-order valence-electron chi connectivity index (χ3n) is 4.09. The molecule has 154 valence electrons. The number of halogens is 1. The Kier molecular flexibility index (Phi) is 8.42. The van der Waals surface area contributed by atoms with E-state index in [1.165, 1.54) is 6.07 Å². The Morgan fingerprint density at radius 1 is 1.17 bits per heavy atom. The van der Waals surface area contributed by atoms with E-state index in [1.54, 1.807) is 30.3 Å². The minimum absolute atomic E-state index is 0.0263. The standard InChI is InChI=1S/C20H22ClN3O5/c1-14(15-8-10-16(21)11-9-15)23-19(25)13-29-20(26)7-4-12-22-17-5-2-3-6-18(17)24(27)28/h2-3,5-6,8-11,14,22H,4,7,12-13H2,1H3,(H,23,25)/t14-/m0/s1. The highest BCUT2D eigenvalue weighted by Crippen LogP contribution is 2.23. The summed E-state index contributed by atoms with van der Waals surface area (Å²) < 4.78 is 4.97. The molecule has 0 unspecified atom stereocenters. The summed E-state index contributed by atoms with van der Waals surface area (Å²) in [6, 6.07) is 13.1. The number of nitrogens with one attached hydrogen (secondary N) is 2. The fraction of sp³-hybridized carbons (Fsp3) is 0.300. The number of rotatable bonds is 10. The number of nitro benzene ring substituents is 1. The van der Waals surface area contributed by atoms with Crippen molar-refractivity contribution < 1.29 is 19.2 Å². The van der Waals surface area contributed by atoms with Crippen LogP contribution >= 0.6 is 11.6 Å². The van der Waals surface area contributed by atoms with Crippen LogP contribution in [0.15, 0.2) is 48.5 Å². The summed E-state index contributed by atoms with van der Waals surface area (Å²) in [5.41, 5.74) is 1.25. The van der Waals surface area contributed by atoms with Crippen molar-refractivity contribution >= 4 is 34.9 Å². The minimum Gasteiger partial charge on any atom is -0.456 e. The van der Waals surface area contributed by atoms with E-state index in [2.05, 4.69) is 10.6 Å². The molecular weight excluding hydrogens is 398 g/mol. The third-order valence-corrected chi connectivity index (χ3v) is 4.34. The second kappa shape index (κ2) is 11.0. The Morgan fingerprint density at radius 3 is 2.55 bits per heavy atom. The molecular formula is C20H22ClN3O5. The lowest BCUT2D eigenvalue weighted by Gasteiger charge is -2.14. The number of nitro groups is 1. The van der Waals surface area contributed by atoms with Gasteiger partial charge in [0.1, 0.15) is 5.69 Å². The molecule has 8 nitrogen and oxygen atoms in total. The molecule has 0 saturated heterocycles. The fourth-order valence-electron chi connectivity index (χ4n) is 2.57. The normalized spacial score (nSPS) is 11.4. The highest BCUT2D eigenvalue weighted by Gasteiger charge is 2.13. The van der Waals surface area contributed by atoms with Crippen molar-refractivity contribution in [3.05, 3.63) is 69.2 Å². The van der Waals surface area contributed by atoms with Crippen LogP contribution in [-0.4, -0.2) is 30.0 Å². The highest BCUT2D eigenvalue weighted by atomic mass is 35.5. The number of nitrogens with zero attached hydrogens (tertiary/aromatic N) is 1. The van der Waals surface area contributed by atoms with Crippen LogP contribution in [-0.2, 0) is 14.3 Å². The van der Waals surface area contributed by atoms with Crippen molar-refractivity contribution in [2.24, 2.45) is 0 Å². The summed E-state index contributed by atoms with van der Waals surface area (Å²) >= 11 is 5.84. The first-order valence-electron chi connectivity index (χ1n) is 9.04. The predicted octanol–water partition coefficient (Wildman–Crippen LogP) is 3.86. The van der Waals surface area contributed by atoms with Crippen LogP contribution in [0.2, 0.25) is 5.02 Å². The molecule has 2 N–H and O–H groups in total. The van der Waals surface area contributed by atoms with E-state index < -0.39 is 16.8 Å². The Morgan fingerprint density at radius 2 is 1.86 bits per heavy atom. The maximum atomic E-state index is 11.9. The first kappa shape index (κ1) is 22.2. The van der Waals surface area contributed by atoms with Gasteiger partial charge in [-0.15, -0.1) is 0 Å². The van der Waals surface area contributed by atoms with E-state index in [1.807, 2.05) is 19.1 Å². The zero-order valence-electron chi connectivity index (χ0n) is 15.9. The van der Waals surface area contributed by atoms with Gasteiger partial charge in [-0.05, 0) is 37.1 Å². The van der Waals surface area contributed by atoms with Gasteiger partial charge >= 0.3 is 5.97 Å². The lowest BCUT2D eigenvalue weighted by Crippen LogP contribution is -2.31. The summed E-state index contributed by atoms with van der Waals surface area (Å²) in [6.45, 7) is 1.81. The number of hydrogen-bond donors (Lipinski definition) is 2. The molecule has 0 radical (unpaired) electrons. The van der Waals surface area contributed by atoms with Gasteiger partial charge in [-0.1, -0.05) is 35.9 Å². The Balaban J connectivity index is 1.66. The lowest BCUT2D eigenvalue weighted by molar-refractivity contribution is -0.384. The number of benzene rings is 2. The van der Waals surface area contributed by atoms with Gasteiger partial charge in [0.15, 0.2) is 6.61 Å². The first-order chi connectivity index (χ1) is 13.9. The van der Waals surface area contributed by atoms with Crippen molar-refractivity contribution in [3.63, 3.8) is 0 Å². The molecule has 2 rings (SSSR count). The first-order valence-corrected chi connectivity index (χ1v) is 9.42.